The van der Waals surface area contributed by atoms with Crippen molar-refractivity contribution < 1.29 is 48.3 Å². The molecular weight excluding hydrogens is 376 g/mol. The Bertz CT molecular complexity index is 356. The molecule has 0 aliphatic heterocycles. The number of carbonyl (C=O) groups excluding carboxylic acids is 2. The third-order valence-corrected chi connectivity index (χ3v) is 2.29. The van der Waals surface area contributed by atoms with Crippen molar-refractivity contribution in [3.63, 3.8) is 0 Å². The van der Waals surface area contributed by atoms with Crippen molar-refractivity contribution in [3.05, 3.63) is 0 Å². The van der Waals surface area contributed by atoms with Gasteiger partial charge >= 0.3 is 11.9 Å². The maximum Gasteiger partial charge on any atom is 0.305 e. The van der Waals surface area contributed by atoms with Crippen LogP contribution in [0.2, 0.25) is 0 Å². The van der Waals surface area contributed by atoms with Crippen LogP contribution >= 0.6 is 0 Å². The quantitative estimate of drug-likeness (QED) is 0.314. The molecule has 10 nitrogen and oxygen atoms in total. The standard InChI is InChI=1S/2C8H16O4.C2H4O2/c1-3-10-4-5-11-6-7-12-8(2)9;1-2-3-8(10)12-7-6-11-5-4-9;1-2(3)4/h3-7H2,1-2H3;9H,2-7H2,1H3;1H3,(H,3,4). The highest BCUT2D eigenvalue weighted by molar-refractivity contribution is 5.69. The minimum absolute atomic E-state index is 0.00288. The number of rotatable bonds is 14. The van der Waals surface area contributed by atoms with Crippen molar-refractivity contribution in [2.45, 2.75) is 40.5 Å². The predicted molar refractivity (Wildman–Crippen MR) is 101 cm³/mol. The highest BCUT2D eigenvalue weighted by Gasteiger charge is 1.99. The second-order valence-corrected chi connectivity index (χ2v) is 4.97. The van der Waals surface area contributed by atoms with Crippen molar-refractivity contribution in [1.29, 1.82) is 0 Å². The van der Waals surface area contributed by atoms with Gasteiger partial charge in [-0.15, -0.1) is 0 Å². The Kier molecular flexibility index (Phi) is 30.4. The van der Waals surface area contributed by atoms with Gasteiger partial charge < -0.3 is 33.9 Å². The molecule has 0 aromatic carbocycles. The fourth-order valence-corrected chi connectivity index (χ4v) is 1.27. The molecule has 0 rings (SSSR count). The van der Waals surface area contributed by atoms with Crippen LogP contribution in [0.15, 0.2) is 0 Å². The molecular formula is C18H36O10. The van der Waals surface area contributed by atoms with E-state index in [1.807, 2.05) is 13.8 Å². The van der Waals surface area contributed by atoms with Crippen molar-refractivity contribution in [1.82, 2.24) is 0 Å². The highest BCUT2D eigenvalue weighted by atomic mass is 16.6. The maximum atomic E-state index is 10.7. The Morgan fingerprint density at radius 1 is 0.750 bits per heavy atom. The molecule has 0 aromatic heterocycles. The van der Waals surface area contributed by atoms with Gasteiger partial charge in [0.2, 0.25) is 0 Å². The number of esters is 2. The molecule has 168 valence electrons. The van der Waals surface area contributed by atoms with Crippen LogP contribution in [0.1, 0.15) is 40.5 Å². The monoisotopic (exact) mass is 412 g/mol. The van der Waals surface area contributed by atoms with E-state index in [2.05, 4.69) is 4.74 Å². The van der Waals surface area contributed by atoms with Crippen molar-refractivity contribution in [2.75, 3.05) is 59.5 Å². The van der Waals surface area contributed by atoms with Crippen LogP contribution in [0.3, 0.4) is 0 Å². The molecule has 0 heterocycles. The number of hydrogen-bond donors (Lipinski definition) is 2. The highest BCUT2D eigenvalue weighted by Crippen LogP contribution is 1.90. The molecule has 28 heavy (non-hydrogen) atoms. The molecule has 0 fully saturated rings. The molecule has 0 aromatic rings. The molecule has 0 radical (unpaired) electrons. The van der Waals surface area contributed by atoms with Gasteiger partial charge in [-0.1, -0.05) is 6.92 Å². The minimum atomic E-state index is -0.833. The number of carbonyl (C=O) groups is 3. The van der Waals surface area contributed by atoms with Crippen LogP contribution in [0.5, 0.6) is 0 Å². The molecule has 0 atom stereocenters. The van der Waals surface area contributed by atoms with Crippen molar-refractivity contribution >= 4 is 17.9 Å². The Labute approximate surface area is 167 Å². The SMILES string of the molecule is CC(=O)O.CCCC(=O)OCCOCCO.CCOCCOCCOC(C)=O. The van der Waals surface area contributed by atoms with Crippen LogP contribution in [0.25, 0.3) is 0 Å². The summed E-state index contributed by atoms with van der Waals surface area (Å²) in [5, 5.41) is 15.7. The van der Waals surface area contributed by atoms with Crippen LogP contribution in [-0.2, 0) is 38.1 Å². The second kappa shape index (κ2) is 27.5. The number of carboxylic acids is 1. The van der Waals surface area contributed by atoms with Gasteiger partial charge in [0.15, 0.2) is 0 Å². The lowest BCUT2D eigenvalue weighted by Gasteiger charge is -2.03. The first-order chi connectivity index (χ1) is 13.3. The summed E-state index contributed by atoms with van der Waals surface area (Å²) in [7, 11) is 0. The Balaban J connectivity index is -0.000000375. The average Bonchev–Trinajstić information content (AvgIpc) is 2.61. The largest absolute Gasteiger partial charge is 0.481 e. The predicted octanol–water partition coefficient (Wildman–Crippen LogP) is 1.03. The number of carboxylic acid groups (broad SMARTS) is 1. The van der Waals surface area contributed by atoms with Gasteiger partial charge in [-0.2, -0.15) is 0 Å². The van der Waals surface area contributed by atoms with E-state index in [1.54, 1.807) is 0 Å². The van der Waals surface area contributed by atoms with Gasteiger partial charge in [-0.25, -0.2) is 0 Å². The van der Waals surface area contributed by atoms with E-state index in [1.165, 1.54) is 6.92 Å². The third-order valence-electron chi connectivity index (χ3n) is 2.29. The van der Waals surface area contributed by atoms with E-state index in [9.17, 15) is 9.59 Å². The summed E-state index contributed by atoms with van der Waals surface area (Å²) in [6, 6.07) is 0. The van der Waals surface area contributed by atoms with E-state index in [-0.39, 0.29) is 25.2 Å². The van der Waals surface area contributed by atoms with Gasteiger partial charge in [0, 0.05) is 26.9 Å². The van der Waals surface area contributed by atoms with Gasteiger partial charge in [0.1, 0.15) is 13.2 Å². The van der Waals surface area contributed by atoms with Crippen LogP contribution in [0, 0.1) is 0 Å². The summed E-state index contributed by atoms with van der Waals surface area (Å²) >= 11 is 0. The summed E-state index contributed by atoms with van der Waals surface area (Å²) < 4.78 is 24.4. The smallest absolute Gasteiger partial charge is 0.305 e. The molecule has 0 aliphatic carbocycles. The van der Waals surface area contributed by atoms with E-state index < -0.39 is 5.97 Å². The number of aliphatic carboxylic acids is 1. The molecule has 0 spiro atoms. The van der Waals surface area contributed by atoms with Gasteiger partial charge in [0.05, 0.1) is 39.6 Å². The van der Waals surface area contributed by atoms with Gasteiger partial charge in [-0.3, -0.25) is 14.4 Å². The molecule has 0 bridgehead atoms. The topological polar surface area (TPSA) is 138 Å². The lowest BCUT2D eigenvalue weighted by atomic mass is 10.3. The first-order valence-corrected chi connectivity index (χ1v) is 9.14. The van der Waals surface area contributed by atoms with E-state index in [0.717, 1.165) is 13.3 Å². The molecule has 10 heteroatoms. The van der Waals surface area contributed by atoms with E-state index >= 15 is 0 Å². The van der Waals surface area contributed by atoms with Crippen molar-refractivity contribution in [2.24, 2.45) is 0 Å². The molecule has 2 N–H and O–H groups in total. The summed E-state index contributed by atoms with van der Waals surface area (Å²) in [5.41, 5.74) is 0. The number of hydrogen-bond acceptors (Lipinski definition) is 9. The lowest BCUT2D eigenvalue weighted by molar-refractivity contribution is -0.145. The van der Waals surface area contributed by atoms with Crippen LogP contribution in [-0.4, -0.2) is 87.6 Å². The Hall–Kier alpha value is -1.75. The Morgan fingerprint density at radius 3 is 1.68 bits per heavy atom. The third kappa shape index (κ3) is 44.1. The van der Waals surface area contributed by atoms with Crippen LogP contribution in [0.4, 0.5) is 0 Å². The normalized spacial score (nSPS) is 9.32. The molecule has 0 saturated carbocycles. The fraction of sp³-hybridized carbons (Fsp3) is 0.833. The second-order valence-electron chi connectivity index (χ2n) is 4.97. The molecule has 0 unspecified atom stereocenters. The summed E-state index contributed by atoms with van der Waals surface area (Å²) in [6.45, 7) is 9.85. The molecule has 0 saturated heterocycles. The number of aliphatic hydroxyl groups is 1. The summed E-state index contributed by atoms with van der Waals surface area (Å²) in [6.07, 6.45) is 1.26. The van der Waals surface area contributed by atoms with E-state index in [4.69, 9.17) is 34.0 Å². The first kappa shape index (κ1) is 31.0. The van der Waals surface area contributed by atoms with Crippen molar-refractivity contribution in [3.8, 4) is 0 Å². The fourth-order valence-electron chi connectivity index (χ4n) is 1.27. The first-order valence-electron chi connectivity index (χ1n) is 9.14. The zero-order valence-electron chi connectivity index (χ0n) is 17.4. The summed E-state index contributed by atoms with van der Waals surface area (Å²) in [4.78, 5) is 30.0. The van der Waals surface area contributed by atoms with Crippen LogP contribution < -0.4 is 0 Å². The van der Waals surface area contributed by atoms with E-state index in [0.29, 0.717) is 52.7 Å². The molecule has 0 amide bonds. The number of ether oxygens (including phenoxy) is 5. The average molecular weight is 412 g/mol. The maximum absolute atomic E-state index is 10.7. The molecule has 0 aliphatic rings. The summed E-state index contributed by atoms with van der Waals surface area (Å²) in [5.74, 6) is -1.30. The lowest BCUT2D eigenvalue weighted by Crippen LogP contribution is -2.11. The zero-order chi connectivity index (χ0) is 22.0. The minimum Gasteiger partial charge on any atom is -0.481 e. The van der Waals surface area contributed by atoms with Gasteiger partial charge in [0.25, 0.3) is 5.97 Å². The zero-order valence-corrected chi connectivity index (χ0v) is 17.4. The number of aliphatic hydroxyl groups excluding tert-OH is 1. The Morgan fingerprint density at radius 2 is 1.21 bits per heavy atom. The van der Waals surface area contributed by atoms with Gasteiger partial charge in [-0.05, 0) is 13.3 Å².